The lowest BCUT2D eigenvalue weighted by Gasteiger charge is -2.34. The van der Waals surface area contributed by atoms with Crippen molar-refractivity contribution in [3.63, 3.8) is 0 Å². The molecular formula is C23H29N9O3. The van der Waals surface area contributed by atoms with Crippen LogP contribution in [0.5, 0.6) is 0 Å². The molecule has 4 aromatic rings. The summed E-state index contributed by atoms with van der Waals surface area (Å²) in [6.07, 6.45) is 0.620. The molecule has 0 unspecified atom stereocenters. The van der Waals surface area contributed by atoms with Gasteiger partial charge in [-0.1, -0.05) is 13.8 Å². The number of nitrogens with two attached hydrogens (primary N) is 2. The van der Waals surface area contributed by atoms with E-state index in [0.717, 1.165) is 16.9 Å². The highest BCUT2D eigenvalue weighted by Crippen LogP contribution is 2.34. The van der Waals surface area contributed by atoms with Gasteiger partial charge in [0.25, 0.3) is 5.91 Å². The number of amides is 1. The summed E-state index contributed by atoms with van der Waals surface area (Å²) in [4.78, 5) is 35.5. The lowest BCUT2D eigenvalue weighted by Crippen LogP contribution is -2.42. The molecule has 1 saturated heterocycles. The minimum Gasteiger partial charge on any atom is -0.391 e. The molecular weight excluding hydrogens is 450 g/mol. The second kappa shape index (κ2) is 8.17. The number of likely N-dealkylation sites (tertiary alicyclic amines) is 1. The van der Waals surface area contributed by atoms with Crippen molar-refractivity contribution >= 4 is 39.9 Å². The third kappa shape index (κ3) is 4.04. The summed E-state index contributed by atoms with van der Waals surface area (Å²) in [6.45, 7) is 5.88. The lowest BCUT2D eigenvalue weighted by atomic mass is 9.91. The molecule has 0 bridgehead atoms. The maximum atomic E-state index is 13.6. The number of nitrogens with zero attached hydrogens (tertiary/aromatic N) is 6. The standard InChI is InChI=1S/C23H29N9O3/c1-11(2)19-27-14-5-4-12(6-15(14)28-19)21(34)31-8-13(33)7-23(3,35)16(9-31)32-10-26-17-18(24)29-22(25)30-20(17)32/h4-6,10-11,13,16,33,35H,7-9H2,1-3H3,(H,27,28)(H4,24,25,29,30)/t13-,16+,23+/m0/s1. The van der Waals surface area contributed by atoms with Crippen molar-refractivity contribution in [1.82, 2.24) is 34.4 Å². The number of fused-ring (bicyclic) bond motifs is 2. The first-order valence-corrected chi connectivity index (χ1v) is 11.5. The normalized spacial score (nSPS) is 23.3. The van der Waals surface area contributed by atoms with E-state index in [-0.39, 0.29) is 43.1 Å². The van der Waals surface area contributed by atoms with Crippen molar-refractivity contribution in [2.24, 2.45) is 0 Å². The van der Waals surface area contributed by atoms with Crippen LogP contribution in [-0.2, 0) is 0 Å². The average molecular weight is 480 g/mol. The molecule has 1 aliphatic heterocycles. The van der Waals surface area contributed by atoms with Crippen LogP contribution in [0.2, 0.25) is 0 Å². The second-order valence-electron chi connectivity index (χ2n) is 9.74. The number of aliphatic hydroxyl groups is 2. The Balaban J connectivity index is 1.53. The number of imidazole rings is 2. The predicted octanol–water partition coefficient (Wildman–Crippen LogP) is 1.19. The fourth-order valence-electron chi connectivity index (χ4n) is 4.77. The van der Waals surface area contributed by atoms with Gasteiger partial charge in [-0.05, 0) is 25.1 Å². The van der Waals surface area contributed by atoms with Gasteiger partial charge in [0.2, 0.25) is 5.95 Å². The van der Waals surface area contributed by atoms with Gasteiger partial charge in [0, 0.05) is 31.0 Å². The van der Waals surface area contributed by atoms with Crippen molar-refractivity contribution < 1.29 is 15.0 Å². The molecule has 1 fully saturated rings. The number of carbonyl (C=O) groups excluding carboxylic acids is 1. The quantitative estimate of drug-likeness (QED) is 0.288. The van der Waals surface area contributed by atoms with Crippen LogP contribution in [0.15, 0.2) is 24.5 Å². The Labute approximate surface area is 201 Å². The Bertz CT molecular complexity index is 1420. The highest BCUT2D eigenvalue weighted by molar-refractivity contribution is 5.97. The zero-order valence-corrected chi connectivity index (χ0v) is 19.8. The van der Waals surface area contributed by atoms with Crippen molar-refractivity contribution in [2.75, 3.05) is 24.6 Å². The van der Waals surface area contributed by atoms with Crippen molar-refractivity contribution in [3.8, 4) is 0 Å². The maximum absolute atomic E-state index is 13.6. The predicted molar refractivity (Wildman–Crippen MR) is 131 cm³/mol. The van der Waals surface area contributed by atoms with Crippen LogP contribution in [0.4, 0.5) is 11.8 Å². The summed E-state index contributed by atoms with van der Waals surface area (Å²) < 4.78 is 1.65. The Morgan fingerprint density at radius 1 is 1.23 bits per heavy atom. The Morgan fingerprint density at radius 3 is 2.74 bits per heavy atom. The zero-order chi connectivity index (χ0) is 25.1. The number of hydrogen-bond donors (Lipinski definition) is 5. The molecule has 0 saturated carbocycles. The number of aromatic amines is 1. The monoisotopic (exact) mass is 479 g/mol. The first-order valence-electron chi connectivity index (χ1n) is 11.5. The molecule has 4 heterocycles. The molecule has 7 N–H and O–H groups in total. The largest absolute Gasteiger partial charge is 0.391 e. The van der Waals surface area contributed by atoms with Crippen LogP contribution in [0.25, 0.3) is 22.2 Å². The number of aliphatic hydroxyl groups excluding tert-OH is 1. The maximum Gasteiger partial charge on any atom is 0.254 e. The van der Waals surface area contributed by atoms with Gasteiger partial charge in [0.15, 0.2) is 11.5 Å². The Hall–Kier alpha value is -3.77. The Morgan fingerprint density at radius 2 is 2.00 bits per heavy atom. The van der Waals surface area contributed by atoms with Crippen LogP contribution < -0.4 is 11.5 Å². The van der Waals surface area contributed by atoms with Gasteiger partial charge in [0.05, 0.1) is 35.1 Å². The number of nitrogens with one attached hydrogen (secondary N) is 1. The van der Waals surface area contributed by atoms with Crippen molar-refractivity contribution in [3.05, 3.63) is 35.9 Å². The summed E-state index contributed by atoms with van der Waals surface area (Å²) >= 11 is 0. The number of H-pyrrole nitrogens is 1. The van der Waals surface area contributed by atoms with E-state index >= 15 is 0 Å². The minimum atomic E-state index is -1.38. The van der Waals surface area contributed by atoms with E-state index in [1.807, 2.05) is 13.8 Å². The van der Waals surface area contributed by atoms with Crippen LogP contribution in [0, 0.1) is 0 Å². The summed E-state index contributed by atoms with van der Waals surface area (Å²) in [6, 6.07) is 4.62. The van der Waals surface area contributed by atoms with E-state index in [9.17, 15) is 15.0 Å². The van der Waals surface area contributed by atoms with Crippen LogP contribution in [0.3, 0.4) is 0 Å². The summed E-state index contributed by atoms with van der Waals surface area (Å²) in [5.74, 6) is 0.903. The molecule has 1 aromatic carbocycles. The van der Waals surface area contributed by atoms with Gasteiger partial charge in [-0.25, -0.2) is 9.97 Å². The number of benzene rings is 1. The van der Waals surface area contributed by atoms with Gasteiger partial charge >= 0.3 is 0 Å². The third-order valence-electron chi connectivity index (χ3n) is 6.57. The second-order valence-corrected chi connectivity index (χ2v) is 9.74. The van der Waals surface area contributed by atoms with Gasteiger partial charge in [-0.2, -0.15) is 9.97 Å². The third-order valence-corrected chi connectivity index (χ3v) is 6.57. The molecule has 12 nitrogen and oxygen atoms in total. The fraction of sp³-hybridized carbons (Fsp3) is 0.435. The lowest BCUT2D eigenvalue weighted by molar-refractivity contribution is -0.0217. The van der Waals surface area contributed by atoms with Gasteiger partial charge in [-0.15, -0.1) is 0 Å². The Kier molecular flexibility index (Phi) is 5.37. The topological polar surface area (TPSA) is 185 Å². The molecule has 1 amide bonds. The molecule has 12 heteroatoms. The van der Waals surface area contributed by atoms with E-state index in [2.05, 4.69) is 24.9 Å². The van der Waals surface area contributed by atoms with Gasteiger partial charge in [-0.3, -0.25) is 4.79 Å². The summed E-state index contributed by atoms with van der Waals surface area (Å²) in [5, 5.41) is 22.0. The smallest absolute Gasteiger partial charge is 0.254 e. The zero-order valence-electron chi connectivity index (χ0n) is 19.8. The minimum absolute atomic E-state index is 0.0217. The molecule has 5 rings (SSSR count). The highest BCUT2D eigenvalue weighted by Gasteiger charge is 2.42. The summed E-state index contributed by atoms with van der Waals surface area (Å²) in [7, 11) is 0. The molecule has 0 spiro atoms. The summed E-state index contributed by atoms with van der Waals surface area (Å²) in [5.41, 5.74) is 13.1. The fourth-order valence-corrected chi connectivity index (χ4v) is 4.77. The van der Waals surface area contributed by atoms with E-state index in [1.165, 1.54) is 11.2 Å². The highest BCUT2D eigenvalue weighted by atomic mass is 16.3. The number of β-amino-alcohol motifs (C(OH)–C–C–N with tert-alkyl or cyclic N) is 1. The number of anilines is 2. The molecule has 3 atom stereocenters. The first kappa shape index (κ1) is 23.0. The SMILES string of the molecule is CC(C)c1nc2ccc(C(=O)N3C[C@@H](O)C[C@@](C)(O)[C@H](n4cnc5c(N)nc(N)nc54)C3)cc2[nH]1. The number of aromatic nitrogens is 6. The van der Waals surface area contributed by atoms with Crippen molar-refractivity contribution in [2.45, 2.75) is 50.9 Å². The number of hydrogen-bond acceptors (Lipinski definition) is 9. The van der Waals surface area contributed by atoms with Crippen molar-refractivity contribution in [1.29, 1.82) is 0 Å². The molecule has 184 valence electrons. The first-order chi connectivity index (χ1) is 16.5. The van der Waals surface area contributed by atoms with Gasteiger partial charge in [0.1, 0.15) is 11.3 Å². The van der Waals surface area contributed by atoms with Gasteiger partial charge < -0.3 is 36.1 Å². The average Bonchev–Trinajstić information content (AvgIpc) is 3.36. The van der Waals surface area contributed by atoms with E-state index < -0.39 is 17.7 Å². The van der Waals surface area contributed by atoms with Crippen LogP contribution in [-0.4, -0.2) is 75.3 Å². The van der Waals surface area contributed by atoms with E-state index in [0.29, 0.717) is 16.7 Å². The molecule has 3 aromatic heterocycles. The van der Waals surface area contributed by atoms with E-state index in [4.69, 9.17) is 11.5 Å². The molecule has 1 aliphatic rings. The van der Waals surface area contributed by atoms with Crippen LogP contribution >= 0.6 is 0 Å². The number of rotatable bonds is 3. The molecule has 35 heavy (non-hydrogen) atoms. The molecule has 0 radical (unpaired) electrons. The number of carbonyl (C=O) groups is 1. The van der Waals surface area contributed by atoms with Crippen LogP contribution in [0.1, 0.15) is 55.3 Å². The van der Waals surface area contributed by atoms with E-state index in [1.54, 1.807) is 29.7 Å². The molecule has 0 aliphatic carbocycles. The number of nitrogen functional groups attached to an aromatic ring is 2.